The molecule has 3 rings (SSSR count). The first-order chi connectivity index (χ1) is 12.0. The summed E-state index contributed by atoms with van der Waals surface area (Å²) in [6.07, 6.45) is -0.294. The lowest BCUT2D eigenvalue weighted by Gasteiger charge is -2.36. The molecule has 0 spiro atoms. The standard InChI is InChI=1S/C16H24N2O7/c1-3-22-16(21)25-24-15(20)13-11-5-4-10(23-11)12(13)14(19)18-8-6-17(2)7-9-18/h10-13H,3-9H2,1-2H3/t10-,11+,12-,13+/m0/s1. The summed E-state index contributed by atoms with van der Waals surface area (Å²) in [5.74, 6) is -2.17. The van der Waals surface area contributed by atoms with Crippen LogP contribution in [0.1, 0.15) is 19.8 Å². The highest BCUT2D eigenvalue weighted by Gasteiger charge is 2.57. The lowest BCUT2D eigenvalue weighted by atomic mass is 9.78. The number of nitrogens with zero attached hydrogens (tertiary/aromatic N) is 2. The molecule has 0 aromatic heterocycles. The molecule has 9 heteroatoms. The molecule has 3 saturated heterocycles. The average molecular weight is 356 g/mol. The van der Waals surface area contributed by atoms with E-state index in [2.05, 4.69) is 19.4 Å². The SMILES string of the molecule is CCOC(=O)OOC(=O)[C@H]1[C@@H](C(=O)N2CCN(C)CC2)[C@@H]2CC[C@H]1O2. The highest BCUT2D eigenvalue weighted by atomic mass is 17.2. The van der Waals surface area contributed by atoms with Gasteiger partial charge in [-0.15, -0.1) is 0 Å². The van der Waals surface area contributed by atoms with E-state index in [1.807, 2.05) is 7.05 Å². The fraction of sp³-hybridized carbons (Fsp3) is 0.812. The van der Waals surface area contributed by atoms with Gasteiger partial charge in [-0.05, 0) is 26.8 Å². The van der Waals surface area contributed by atoms with Gasteiger partial charge in [0.05, 0.1) is 24.7 Å². The molecule has 9 nitrogen and oxygen atoms in total. The molecule has 3 fully saturated rings. The van der Waals surface area contributed by atoms with Gasteiger partial charge in [-0.2, -0.15) is 4.79 Å². The number of carbonyl (C=O) groups excluding carboxylic acids is 3. The molecule has 140 valence electrons. The monoisotopic (exact) mass is 356 g/mol. The molecule has 3 aliphatic heterocycles. The largest absolute Gasteiger partial charge is 0.549 e. The third-order valence-electron chi connectivity index (χ3n) is 5.10. The third kappa shape index (κ3) is 3.72. The molecule has 0 aromatic rings. The van der Waals surface area contributed by atoms with Gasteiger partial charge in [0.2, 0.25) is 5.91 Å². The van der Waals surface area contributed by atoms with E-state index in [-0.39, 0.29) is 24.7 Å². The molecule has 0 radical (unpaired) electrons. The van der Waals surface area contributed by atoms with Gasteiger partial charge in [0.25, 0.3) is 0 Å². The first-order valence-electron chi connectivity index (χ1n) is 8.69. The molecule has 0 aromatic carbocycles. The number of fused-ring (bicyclic) bond motifs is 2. The van der Waals surface area contributed by atoms with Gasteiger partial charge in [-0.3, -0.25) is 4.79 Å². The van der Waals surface area contributed by atoms with E-state index in [4.69, 9.17) is 4.74 Å². The van der Waals surface area contributed by atoms with Gasteiger partial charge < -0.3 is 19.3 Å². The van der Waals surface area contributed by atoms with Crippen LogP contribution in [0.5, 0.6) is 0 Å². The second kappa shape index (κ2) is 7.57. The topological polar surface area (TPSA) is 94.6 Å². The molecule has 3 aliphatic rings. The lowest BCUT2D eigenvalue weighted by Crippen LogP contribution is -2.52. The molecule has 4 atom stereocenters. The fourth-order valence-corrected chi connectivity index (χ4v) is 3.80. The second-order valence-corrected chi connectivity index (χ2v) is 6.64. The molecule has 0 N–H and O–H groups in total. The Balaban J connectivity index is 1.64. The van der Waals surface area contributed by atoms with Crippen molar-refractivity contribution >= 4 is 18.0 Å². The molecule has 0 aliphatic carbocycles. The normalized spacial score (nSPS) is 31.7. The van der Waals surface area contributed by atoms with Crippen molar-refractivity contribution in [2.45, 2.75) is 32.0 Å². The highest BCUT2D eigenvalue weighted by molar-refractivity contribution is 5.87. The predicted molar refractivity (Wildman–Crippen MR) is 83.2 cm³/mol. The third-order valence-corrected chi connectivity index (χ3v) is 5.10. The van der Waals surface area contributed by atoms with Gasteiger partial charge in [-0.1, -0.05) is 0 Å². The summed E-state index contributed by atoms with van der Waals surface area (Å²) in [6, 6.07) is 0. The van der Waals surface area contributed by atoms with Gasteiger partial charge in [0, 0.05) is 26.2 Å². The van der Waals surface area contributed by atoms with E-state index < -0.39 is 24.0 Å². The quantitative estimate of drug-likeness (QED) is 0.402. The van der Waals surface area contributed by atoms with Crippen LogP contribution in [0.15, 0.2) is 0 Å². The van der Waals surface area contributed by atoms with Crippen molar-refractivity contribution in [1.82, 2.24) is 9.80 Å². The summed E-state index contributed by atoms with van der Waals surface area (Å²) >= 11 is 0. The van der Waals surface area contributed by atoms with E-state index in [9.17, 15) is 14.4 Å². The van der Waals surface area contributed by atoms with Gasteiger partial charge in [0.1, 0.15) is 5.92 Å². The van der Waals surface area contributed by atoms with E-state index in [0.29, 0.717) is 19.5 Å². The van der Waals surface area contributed by atoms with Crippen LogP contribution < -0.4 is 0 Å². The van der Waals surface area contributed by atoms with Crippen LogP contribution in [0, 0.1) is 11.8 Å². The summed E-state index contributed by atoms with van der Waals surface area (Å²) in [6.45, 7) is 4.58. The molecule has 3 heterocycles. The minimum Gasteiger partial charge on any atom is -0.432 e. The maximum atomic E-state index is 12.9. The van der Waals surface area contributed by atoms with Crippen LogP contribution in [-0.2, 0) is 28.8 Å². The van der Waals surface area contributed by atoms with Crippen molar-refractivity contribution in [3.05, 3.63) is 0 Å². The van der Waals surface area contributed by atoms with Gasteiger partial charge in [-0.25, -0.2) is 14.6 Å². The molecular formula is C16H24N2O7. The number of hydrogen-bond donors (Lipinski definition) is 0. The fourth-order valence-electron chi connectivity index (χ4n) is 3.80. The molecular weight excluding hydrogens is 332 g/mol. The Morgan fingerprint density at radius 3 is 2.28 bits per heavy atom. The Bertz CT molecular complexity index is 533. The van der Waals surface area contributed by atoms with E-state index in [1.54, 1.807) is 11.8 Å². The highest BCUT2D eigenvalue weighted by Crippen LogP contribution is 2.45. The molecule has 25 heavy (non-hydrogen) atoms. The summed E-state index contributed by atoms with van der Waals surface area (Å²) in [4.78, 5) is 49.4. The van der Waals surface area contributed by atoms with Crippen LogP contribution in [-0.4, -0.2) is 79.9 Å². The predicted octanol–water partition coefficient (Wildman–Crippen LogP) is 0.185. The van der Waals surface area contributed by atoms with Crippen molar-refractivity contribution in [3.8, 4) is 0 Å². The average Bonchev–Trinajstić information content (AvgIpc) is 3.21. The number of piperazine rings is 1. The maximum absolute atomic E-state index is 12.9. The van der Waals surface area contributed by atoms with E-state index >= 15 is 0 Å². The summed E-state index contributed by atoms with van der Waals surface area (Å²) in [5, 5.41) is 0. The number of amides is 1. The summed E-state index contributed by atoms with van der Waals surface area (Å²) in [7, 11) is 2.01. The molecule has 0 saturated carbocycles. The minimum absolute atomic E-state index is 0.0848. The Morgan fingerprint density at radius 1 is 1.00 bits per heavy atom. The van der Waals surface area contributed by atoms with Crippen molar-refractivity contribution in [2.24, 2.45) is 11.8 Å². The number of carbonyl (C=O) groups is 3. The van der Waals surface area contributed by atoms with Crippen molar-refractivity contribution in [2.75, 3.05) is 39.8 Å². The number of likely N-dealkylation sites (N-methyl/N-ethyl adjacent to an activating group) is 1. The first kappa shape index (κ1) is 17.9. The van der Waals surface area contributed by atoms with Crippen molar-refractivity contribution in [1.29, 1.82) is 0 Å². The Labute approximate surface area is 146 Å². The van der Waals surface area contributed by atoms with Crippen LogP contribution in [0.25, 0.3) is 0 Å². The zero-order valence-electron chi connectivity index (χ0n) is 14.5. The Hall–Kier alpha value is -1.87. The number of rotatable bonds is 3. The number of ether oxygens (including phenoxy) is 2. The van der Waals surface area contributed by atoms with Crippen LogP contribution in [0.2, 0.25) is 0 Å². The van der Waals surface area contributed by atoms with Crippen LogP contribution >= 0.6 is 0 Å². The van der Waals surface area contributed by atoms with Gasteiger partial charge in [0.15, 0.2) is 0 Å². The lowest BCUT2D eigenvalue weighted by molar-refractivity contribution is -0.249. The van der Waals surface area contributed by atoms with Crippen molar-refractivity contribution in [3.63, 3.8) is 0 Å². The Morgan fingerprint density at radius 2 is 1.64 bits per heavy atom. The second-order valence-electron chi connectivity index (χ2n) is 6.64. The van der Waals surface area contributed by atoms with Crippen LogP contribution in [0.3, 0.4) is 0 Å². The van der Waals surface area contributed by atoms with Gasteiger partial charge >= 0.3 is 12.1 Å². The number of hydrogen-bond acceptors (Lipinski definition) is 8. The zero-order valence-corrected chi connectivity index (χ0v) is 14.5. The molecule has 2 bridgehead atoms. The minimum atomic E-state index is -1.08. The summed E-state index contributed by atoms with van der Waals surface area (Å²) in [5.41, 5.74) is 0. The van der Waals surface area contributed by atoms with Crippen molar-refractivity contribution < 1.29 is 33.6 Å². The Kier molecular flexibility index (Phi) is 5.43. The van der Waals surface area contributed by atoms with E-state index in [0.717, 1.165) is 19.5 Å². The maximum Gasteiger partial charge on any atom is 0.549 e. The zero-order chi connectivity index (χ0) is 18.0. The molecule has 1 amide bonds. The summed E-state index contributed by atoms with van der Waals surface area (Å²) < 4.78 is 10.3. The first-order valence-corrected chi connectivity index (χ1v) is 8.69. The van der Waals surface area contributed by atoms with Crippen LogP contribution in [0.4, 0.5) is 4.79 Å². The smallest absolute Gasteiger partial charge is 0.432 e. The van der Waals surface area contributed by atoms with E-state index in [1.165, 1.54) is 0 Å². The molecule has 0 unspecified atom stereocenters.